The summed E-state index contributed by atoms with van der Waals surface area (Å²) < 4.78 is 0. The molecule has 0 aliphatic rings. The van der Waals surface area contributed by atoms with E-state index in [1.54, 1.807) is 6.07 Å². The van der Waals surface area contributed by atoms with Crippen molar-refractivity contribution >= 4 is 33.5 Å². The summed E-state index contributed by atoms with van der Waals surface area (Å²) in [5, 5.41) is 29.9. The molecule has 0 spiro atoms. The fraction of sp³-hybridized carbons (Fsp3) is 0.154. The number of azo groups is 2. The maximum Gasteiger partial charge on any atom is 0.143 e. The average molecular weight is 409 g/mol. The third-order valence-corrected chi connectivity index (χ3v) is 5.31. The largest absolute Gasteiger partial charge is 0.506 e. The van der Waals surface area contributed by atoms with Gasteiger partial charge in [-0.1, -0.05) is 48.5 Å². The molecular formula is C26H24N4O. The highest BCUT2D eigenvalue weighted by molar-refractivity contribution is 5.95. The number of fused-ring (bicyclic) bond motifs is 1. The van der Waals surface area contributed by atoms with E-state index in [9.17, 15) is 5.11 Å². The van der Waals surface area contributed by atoms with Gasteiger partial charge in [-0.2, -0.15) is 10.2 Å². The number of hydrogen-bond acceptors (Lipinski definition) is 5. The molecule has 4 rings (SSSR count). The van der Waals surface area contributed by atoms with Crippen LogP contribution in [0.2, 0.25) is 0 Å². The summed E-state index contributed by atoms with van der Waals surface area (Å²) in [6.07, 6.45) is 0. The van der Waals surface area contributed by atoms with Crippen LogP contribution in [0, 0.1) is 27.7 Å². The first-order valence-electron chi connectivity index (χ1n) is 10.2. The first-order chi connectivity index (χ1) is 14.9. The molecule has 0 saturated carbocycles. The number of aromatic hydroxyl groups is 1. The summed E-state index contributed by atoms with van der Waals surface area (Å²) in [7, 11) is 0. The number of nitrogens with zero attached hydrogens (tertiary/aromatic N) is 4. The van der Waals surface area contributed by atoms with Gasteiger partial charge in [-0.3, -0.25) is 0 Å². The molecule has 4 aromatic rings. The summed E-state index contributed by atoms with van der Waals surface area (Å²) in [6, 6.07) is 21.3. The van der Waals surface area contributed by atoms with Crippen molar-refractivity contribution in [1.82, 2.24) is 0 Å². The fourth-order valence-corrected chi connectivity index (χ4v) is 3.67. The molecule has 1 N–H and O–H groups in total. The first kappa shape index (κ1) is 20.4. The fourth-order valence-electron chi connectivity index (χ4n) is 3.67. The summed E-state index contributed by atoms with van der Waals surface area (Å²) >= 11 is 0. The van der Waals surface area contributed by atoms with Crippen LogP contribution in [0.4, 0.5) is 22.7 Å². The molecule has 31 heavy (non-hydrogen) atoms. The number of phenolic OH excluding ortho intramolecular Hbond substituents is 1. The zero-order chi connectivity index (χ0) is 22.0. The van der Waals surface area contributed by atoms with Crippen LogP contribution >= 0.6 is 0 Å². The highest BCUT2D eigenvalue weighted by Crippen LogP contribution is 2.37. The van der Waals surface area contributed by atoms with Gasteiger partial charge in [0.2, 0.25) is 0 Å². The molecule has 0 unspecified atom stereocenters. The third-order valence-electron chi connectivity index (χ3n) is 5.31. The van der Waals surface area contributed by atoms with Gasteiger partial charge in [0.25, 0.3) is 0 Å². The molecule has 0 amide bonds. The minimum atomic E-state index is 0.108. The second-order valence-electron chi connectivity index (χ2n) is 7.72. The van der Waals surface area contributed by atoms with Crippen molar-refractivity contribution in [2.24, 2.45) is 20.5 Å². The lowest BCUT2D eigenvalue weighted by Crippen LogP contribution is -1.81. The van der Waals surface area contributed by atoms with Crippen LogP contribution in [0.5, 0.6) is 5.75 Å². The highest BCUT2D eigenvalue weighted by Gasteiger charge is 2.09. The van der Waals surface area contributed by atoms with Crippen LogP contribution < -0.4 is 0 Å². The quantitative estimate of drug-likeness (QED) is 0.337. The lowest BCUT2D eigenvalue weighted by atomic mass is 10.1. The van der Waals surface area contributed by atoms with Crippen molar-refractivity contribution in [3.05, 3.63) is 89.0 Å². The summed E-state index contributed by atoms with van der Waals surface area (Å²) in [4.78, 5) is 0. The molecular weight excluding hydrogens is 384 g/mol. The monoisotopic (exact) mass is 408 g/mol. The zero-order valence-electron chi connectivity index (χ0n) is 18.1. The van der Waals surface area contributed by atoms with E-state index < -0.39 is 0 Å². The minimum Gasteiger partial charge on any atom is -0.506 e. The van der Waals surface area contributed by atoms with Crippen molar-refractivity contribution in [1.29, 1.82) is 0 Å². The van der Waals surface area contributed by atoms with Gasteiger partial charge in [-0.05, 0) is 73.5 Å². The predicted octanol–water partition coefficient (Wildman–Crippen LogP) is 8.61. The minimum absolute atomic E-state index is 0.108. The maximum atomic E-state index is 10.3. The Morgan fingerprint density at radius 1 is 0.548 bits per heavy atom. The normalized spacial score (nSPS) is 11.7. The number of hydrogen-bond donors (Lipinski definition) is 1. The standard InChI is InChI=1S/C26H24N4O/c1-16-8-7-9-17(2)24(16)28-27-21-14-18(3)25(19(4)15-21)29-30-26-22-11-6-5-10-20(22)12-13-23(26)31/h5-15,31H,1-4H3. The smallest absolute Gasteiger partial charge is 0.143 e. The Kier molecular flexibility index (Phi) is 5.58. The number of phenols is 1. The number of aryl methyl sites for hydroxylation is 4. The number of benzene rings is 4. The molecule has 0 bridgehead atoms. The van der Waals surface area contributed by atoms with E-state index in [1.807, 2.05) is 88.4 Å². The Morgan fingerprint density at radius 3 is 1.84 bits per heavy atom. The molecule has 4 aromatic carbocycles. The Balaban J connectivity index is 1.68. The van der Waals surface area contributed by atoms with Crippen LogP contribution in [-0.2, 0) is 0 Å². The lowest BCUT2D eigenvalue weighted by molar-refractivity contribution is 0.477. The van der Waals surface area contributed by atoms with E-state index in [1.165, 1.54) is 0 Å². The molecule has 0 aliphatic carbocycles. The number of rotatable bonds is 4. The van der Waals surface area contributed by atoms with E-state index in [0.717, 1.165) is 50.1 Å². The molecule has 5 nitrogen and oxygen atoms in total. The van der Waals surface area contributed by atoms with Crippen molar-refractivity contribution in [2.45, 2.75) is 27.7 Å². The Hall–Kier alpha value is -3.86. The summed E-state index contributed by atoms with van der Waals surface area (Å²) in [5.74, 6) is 0.108. The van der Waals surface area contributed by atoms with Crippen LogP contribution in [-0.4, -0.2) is 5.11 Å². The highest BCUT2D eigenvalue weighted by atomic mass is 16.3. The van der Waals surface area contributed by atoms with Crippen molar-refractivity contribution in [3.8, 4) is 5.75 Å². The van der Waals surface area contributed by atoms with E-state index in [2.05, 4.69) is 20.5 Å². The van der Waals surface area contributed by atoms with Gasteiger partial charge in [0, 0.05) is 5.39 Å². The topological polar surface area (TPSA) is 69.7 Å². The van der Waals surface area contributed by atoms with E-state index in [-0.39, 0.29) is 5.75 Å². The molecule has 0 fully saturated rings. The molecule has 0 aromatic heterocycles. The van der Waals surface area contributed by atoms with Crippen molar-refractivity contribution in [3.63, 3.8) is 0 Å². The summed E-state index contributed by atoms with van der Waals surface area (Å²) in [6.45, 7) is 8.01. The van der Waals surface area contributed by atoms with E-state index in [4.69, 9.17) is 0 Å². The van der Waals surface area contributed by atoms with Gasteiger partial charge >= 0.3 is 0 Å². The van der Waals surface area contributed by atoms with Crippen LogP contribution in [0.25, 0.3) is 10.8 Å². The molecule has 0 aliphatic heterocycles. The van der Waals surface area contributed by atoms with Crippen LogP contribution in [0.15, 0.2) is 87.2 Å². The van der Waals surface area contributed by atoms with E-state index in [0.29, 0.717) is 5.69 Å². The van der Waals surface area contributed by atoms with Crippen LogP contribution in [0.3, 0.4) is 0 Å². The second kappa shape index (κ2) is 8.48. The van der Waals surface area contributed by atoms with Crippen molar-refractivity contribution in [2.75, 3.05) is 0 Å². The van der Waals surface area contributed by atoms with Gasteiger partial charge in [-0.25, -0.2) is 0 Å². The molecule has 0 radical (unpaired) electrons. The second-order valence-corrected chi connectivity index (χ2v) is 7.72. The molecule has 154 valence electrons. The first-order valence-corrected chi connectivity index (χ1v) is 10.2. The Morgan fingerprint density at radius 2 is 1.13 bits per heavy atom. The zero-order valence-corrected chi connectivity index (χ0v) is 18.1. The summed E-state index contributed by atoms with van der Waals surface area (Å²) in [5.41, 5.74) is 6.97. The van der Waals surface area contributed by atoms with Crippen molar-refractivity contribution < 1.29 is 5.11 Å². The van der Waals surface area contributed by atoms with Gasteiger partial charge in [0.1, 0.15) is 11.4 Å². The predicted molar refractivity (Wildman–Crippen MR) is 126 cm³/mol. The van der Waals surface area contributed by atoms with Gasteiger partial charge in [0.15, 0.2) is 0 Å². The lowest BCUT2D eigenvalue weighted by Gasteiger charge is -2.07. The van der Waals surface area contributed by atoms with Crippen LogP contribution in [0.1, 0.15) is 22.3 Å². The van der Waals surface area contributed by atoms with Gasteiger partial charge in [-0.15, -0.1) is 10.2 Å². The molecule has 5 heteroatoms. The average Bonchev–Trinajstić information content (AvgIpc) is 2.74. The maximum absolute atomic E-state index is 10.3. The molecule has 0 heterocycles. The molecule has 0 atom stereocenters. The SMILES string of the molecule is Cc1cccc(C)c1N=Nc1cc(C)c(N=Nc2c(O)ccc3ccccc23)c(C)c1. The van der Waals surface area contributed by atoms with Gasteiger partial charge in [0.05, 0.1) is 17.1 Å². The third kappa shape index (κ3) is 4.21. The van der Waals surface area contributed by atoms with E-state index >= 15 is 0 Å². The Labute approximate surface area is 181 Å². The molecule has 0 saturated heterocycles. The Bertz CT molecular complexity index is 1300. The van der Waals surface area contributed by atoms with Gasteiger partial charge < -0.3 is 5.11 Å².